The summed E-state index contributed by atoms with van der Waals surface area (Å²) >= 11 is 0. The Morgan fingerprint density at radius 2 is 1.41 bits per heavy atom. The Kier molecular flexibility index (Phi) is 5.82. The van der Waals surface area contributed by atoms with Crippen molar-refractivity contribution in [2.75, 3.05) is 32.8 Å². The van der Waals surface area contributed by atoms with E-state index >= 15 is 0 Å². The fourth-order valence-electron chi connectivity index (χ4n) is 4.56. The minimum Gasteiger partial charge on any atom is -0.379 e. The van der Waals surface area contributed by atoms with Gasteiger partial charge in [0.05, 0.1) is 23.0 Å². The predicted molar refractivity (Wildman–Crippen MR) is 105 cm³/mol. The zero-order chi connectivity index (χ0) is 20.6. The highest BCUT2D eigenvalue weighted by molar-refractivity contribution is 7.89. The third-order valence-electron chi connectivity index (χ3n) is 6.13. The van der Waals surface area contributed by atoms with Gasteiger partial charge in [-0.15, -0.1) is 0 Å². The Morgan fingerprint density at radius 3 is 2.07 bits per heavy atom. The summed E-state index contributed by atoms with van der Waals surface area (Å²) in [5.74, 6) is -0.0543. The third kappa shape index (κ3) is 3.88. The molecule has 1 saturated carbocycles. The minimum absolute atomic E-state index is 0.0668. The number of piperidine rings is 1. The SMILES string of the molecule is O=C1CCN(S(=O)(=O)c2ccc(S(=O)(=O)N3CCOCC3)cc2)C2CCCCC12. The van der Waals surface area contributed by atoms with E-state index in [-0.39, 0.29) is 53.6 Å². The number of rotatable bonds is 4. The Bertz CT molecular complexity index is 968. The first kappa shape index (κ1) is 20.9. The molecule has 2 heterocycles. The molecule has 160 valence electrons. The summed E-state index contributed by atoms with van der Waals surface area (Å²) in [6.45, 7) is 1.46. The number of nitrogens with zero attached hydrogens (tertiary/aromatic N) is 2. The summed E-state index contributed by atoms with van der Waals surface area (Å²) in [6.07, 6.45) is 3.54. The van der Waals surface area contributed by atoms with E-state index in [2.05, 4.69) is 0 Å². The molecule has 10 heteroatoms. The van der Waals surface area contributed by atoms with Crippen LogP contribution >= 0.6 is 0 Å². The zero-order valence-electron chi connectivity index (χ0n) is 16.2. The van der Waals surface area contributed by atoms with E-state index in [0.29, 0.717) is 19.6 Å². The molecule has 0 N–H and O–H groups in total. The zero-order valence-corrected chi connectivity index (χ0v) is 17.8. The van der Waals surface area contributed by atoms with Crippen LogP contribution in [0.25, 0.3) is 0 Å². The van der Waals surface area contributed by atoms with E-state index in [0.717, 1.165) is 19.3 Å². The van der Waals surface area contributed by atoms with Crippen molar-refractivity contribution in [3.63, 3.8) is 0 Å². The second-order valence-corrected chi connectivity index (χ2v) is 11.6. The van der Waals surface area contributed by atoms with E-state index in [1.165, 1.54) is 32.9 Å². The molecule has 3 fully saturated rings. The summed E-state index contributed by atoms with van der Waals surface area (Å²) in [5, 5.41) is 0. The van der Waals surface area contributed by atoms with Crippen LogP contribution in [-0.2, 0) is 29.6 Å². The molecule has 4 rings (SSSR count). The first-order valence-electron chi connectivity index (χ1n) is 10.0. The normalized spacial score (nSPS) is 27.5. The van der Waals surface area contributed by atoms with Gasteiger partial charge in [-0.2, -0.15) is 8.61 Å². The van der Waals surface area contributed by atoms with Crippen LogP contribution in [0.2, 0.25) is 0 Å². The maximum Gasteiger partial charge on any atom is 0.243 e. The highest BCUT2D eigenvalue weighted by Gasteiger charge is 2.43. The van der Waals surface area contributed by atoms with Gasteiger partial charge < -0.3 is 4.74 Å². The Morgan fingerprint density at radius 1 is 0.828 bits per heavy atom. The van der Waals surface area contributed by atoms with Crippen molar-refractivity contribution in [2.45, 2.75) is 47.9 Å². The van der Waals surface area contributed by atoms with Gasteiger partial charge in [0.25, 0.3) is 0 Å². The summed E-state index contributed by atoms with van der Waals surface area (Å²) in [6, 6.07) is 5.14. The number of hydrogen-bond donors (Lipinski definition) is 0. The van der Waals surface area contributed by atoms with Crippen molar-refractivity contribution in [3.8, 4) is 0 Å². The summed E-state index contributed by atoms with van der Waals surface area (Å²) < 4.78 is 60.0. The van der Waals surface area contributed by atoms with Crippen LogP contribution < -0.4 is 0 Å². The number of morpholine rings is 1. The number of carbonyl (C=O) groups excluding carboxylic acids is 1. The Hall–Kier alpha value is -1.33. The van der Waals surface area contributed by atoms with E-state index < -0.39 is 20.0 Å². The van der Waals surface area contributed by atoms with Crippen LogP contribution in [0.5, 0.6) is 0 Å². The van der Waals surface area contributed by atoms with Gasteiger partial charge in [0.15, 0.2) is 0 Å². The summed E-state index contributed by atoms with van der Waals surface area (Å²) in [7, 11) is -7.47. The predicted octanol–water partition coefficient (Wildman–Crippen LogP) is 1.23. The average Bonchev–Trinajstić information content (AvgIpc) is 2.75. The number of ether oxygens (including phenoxy) is 1. The maximum absolute atomic E-state index is 13.2. The van der Waals surface area contributed by atoms with Crippen LogP contribution in [0, 0.1) is 5.92 Å². The topological polar surface area (TPSA) is 101 Å². The number of fused-ring (bicyclic) bond motifs is 1. The second-order valence-electron chi connectivity index (χ2n) is 7.78. The molecule has 0 amide bonds. The second kappa shape index (κ2) is 8.07. The molecule has 29 heavy (non-hydrogen) atoms. The molecular formula is C19H26N2O6S2. The molecule has 2 aliphatic heterocycles. The molecule has 0 spiro atoms. The molecule has 8 nitrogen and oxygen atoms in total. The van der Waals surface area contributed by atoms with Gasteiger partial charge in [-0.1, -0.05) is 12.8 Å². The number of Topliss-reactive ketones (excluding diaryl/α,β-unsaturated/α-hetero) is 1. The number of hydrogen-bond acceptors (Lipinski definition) is 6. The fourth-order valence-corrected chi connectivity index (χ4v) is 7.66. The third-order valence-corrected chi connectivity index (χ3v) is 9.98. The average molecular weight is 443 g/mol. The van der Waals surface area contributed by atoms with Crippen molar-refractivity contribution >= 4 is 25.8 Å². The van der Waals surface area contributed by atoms with Crippen molar-refractivity contribution < 1.29 is 26.4 Å². The lowest BCUT2D eigenvalue weighted by molar-refractivity contribution is -0.128. The fraction of sp³-hybridized carbons (Fsp3) is 0.632. The standard InChI is InChI=1S/C19H26N2O6S2/c22-19-9-10-21(18-4-2-1-3-17(18)19)29(25,26)16-7-5-15(6-8-16)28(23,24)20-11-13-27-14-12-20/h5-8,17-18H,1-4,9-14H2. The summed E-state index contributed by atoms with van der Waals surface area (Å²) in [4.78, 5) is 12.4. The number of ketones is 1. The lowest BCUT2D eigenvalue weighted by Crippen LogP contribution is -2.53. The van der Waals surface area contributed by atoms with E-state index in [4.69, 9.17) is 4.74 Å². The van der Waals surface area contributed by atoms with Gasteiger partial charge in [0, 0.05) is 38.0 Å². The Labute approximate surface area is 171 Å². The number of carbonyl (C=O) groups is 1. The number of benzene rings is 1. The smallest absolute Gasteiger partial charge is 0.243 e. The summed E-state index contributed by atoms with van der Waals surface area (Å²) in [5.41, 5.74) is 0. The van der Waals surface area contributed by atoms with Gasteiger partial charge >= 0.3 is 0 Å². The van der Waals surface area contributed by atoms with E-state index in [1.54, 1.807) is 0 Å². The van der Waals surface area contributed by atoms with E-state index in [9.17, 15) is 21.6 Å². The lowest BCUT2D eigenvalue weighted by atomic mass is 9.79. The molecule has 1 aliphatic carbocycles. The van der Waals surface area contributed by atoms with Crippen molar-refractivity contribution in [3.05, 3.63) is 24.3 Å². The lowest BCUT2D eigenvalue weighted by Gasteiger charge is -2.42. The van der Waals surface area contributed by atoms with Crippen LogP contribution in [0.3, 0.4) is 0 Å². The van der Waals surface area contributed by atoms with Crippen LogP contribution in [-0.4, -0.2) is 70.1 Å². The first-order chi connectivity index (χ1) is 13.8. The van der Waals surface area contributed by atoms with Gasteiger partial charge in [-0.05, 0) is 37.1 Å². The highest BCUT2D eigenvalue weighted by atomic mass is 32.2. The minimum atomic E-state index is -3.79. The molecule has 0 aromatic heterocycles. The quantitative estimate of drug-likeness (QED) is 0.695. The van der Waals surface area contributed by atoms with Gasteiger partial charge in [-0.3, -0.25) is 4.79 Å². The maximum atomic E-state index is 13.2. The molecule has 2 saturated heterocycles. The molecule has 0 radical (unpaired) electrons. The van der Waals surface area contributed by atoms with Crippen molar-refractivity contribution in [1.82, 2.24) is 8.61 Å². The van der Waals surface area contributed by atoms with Crippen LogP contribution in [0.1, 0.15) is 32.1 Å². The molecule has 1 aromatic rings. The molecule has 3 aliphatic rings. The van der Waals surface area contributed by atoms with Gasteiger partial charge in [-0.25, -0.2) is 16.8 Å². The van der Waals surface area contributed by atoms with Crippen molar-refractivity contribution in [2.24, 2.45) is 5.92 Å². The Balaban J connectivity index is 1.58. The highest BCUT2D eigenvalue weighted by Crippen LogP contribution is 2.36. The van der Waals surface area contributed by atoms with Gasteiger partial charge in [0.1, 0.15) is 5.78 Å². The molecule has 2 atom stereocenters. The molecular weight excluding hydrogens is 416 g/mol. The monoisotopic (exact) mass is 442 g/mol. The molecule has 1 aromatic carbocycles. The van der Waals surface area contributed by atoms with Crippen LogP contribution in [0.4, 0.5) is 0 Å². The molecule has 2 unspecified atom stereocenters. The van der Waals surface area contributed by atoms with E-state index in [1.807, 2.05) is 0 Å². The van der Waals surface area contributed by atoms with Crippen molar-refractivity contribution in [1.29, 1.82) is 0 Å². The first-order valence-corrected chi connectivity index (χ1v) is 12.9. The largest absolute Gasteiger partial charge is 0.379 e. The number of sulfonamides is 2. The molecule has 0 bridgehead atoms. The van der Waals surface area contributed by atoms with Crippen LogP contribution in [0.15, 0.2) is 34.1 Å². The van der Waals surface area contributed by atoms with Gasteiger partial charge in [0.2, 0.25) is 20.0 Å².